The maximum Gasteiger partial charge on any atom is 0.110 e. The van der Waals surface area contributed by atoms with Crippen LogP contribution in [0.25, 0.3) is 0 Å². The van der Waals surface area contributed by atoms with Crippen molar-refractivity contribution in [2.75, 3.05) is 6.54 Å². The molecule has 0 spiro atoms. The Labute approximate surface area is 114 Å². The van der Waals surface area contributed by atoms with Crippen molar-refractivity contribution < 1.29 is 0 Å². The van der Waals surface area contributed by atoms with E-state index in [1.807, 2.05) is 32.0 Å². The third-order valence-corrected chi connectivity index (χ3v) is 3.68. The Morgan fingerprint density at radius 3 is 2.74 bits per heavy atom. The zero-order chi connectivity index (χ0) is 13.8. The Bertz CT molecular complexity index is 511. The van der Waals surface area contributed by atoms with Crippen molar-refractivity contribution in [2.24, 2.45) is 18.7 Å². The molecule has 0 fully saturated rings. The van der Waals surface area contributed by atoms with Crippen molar-refractivity contribution in [3.8, 4) is 0 Å². The third-order valence-electron chi connectivity index (χ3n) is 3.68. The highest BCUT2D eigenvalue weighted by atomic mass is 15.1. The summed E-state index contributed by atoms with van der Waals surface area (Å²) in [6.45, 7) is 5.95. The van der Waals surface area contributed by atoms with Crippen LogP contribution in [0.2, 0.25) is 0 Å². The molecule has 0 aliphatic carbocycles. The minimum Gasteiger partial charge on any atom is -0.338 e. The van der Waals surface area contributed by atoms with Gasteiger partial charge in [-0.25, -0.2) is 9.97 Å². The molecule has 1 unspecified atom stereocenters. The zero-order valence-electron chi connectivity index (χ0n) is 12.0. The van der Waals surface area contributed by atoms with Crippen molar-refractivity contribution in [3.05, 3.63) is 36.4 Å². The first-order valence-corrected chi connectivity index (χ1v) is 6.79. The van der Waals surface area contributed by atoms with Crippen LogP contribution in [0.1, 0.15) is 31.3 Å². The van der Waals surface area contributed by atoms with Gasteiger partial charge in [0, 0.05) is 56.8 Å². The summed E-state index contributed by atoms with van der Waals surface area (Å²) in [7, 11) is 2.02. The smallest absolute Gasteiger partial charge is 0.110 e. The molecule has 0 bridgehead atoms. The van der Waals surface area contributed by atoms with Gasteiger partial charge in [0.15, 0.2) is 0 Å². The largest absolute Gasteiger partial charge is 0.338 e. The van der Waals surface area contributed by atoms with E-state index in [1.165, 1.54) is 5.69 Å². The topological polar surface area (TPSA) is 61.7 Å². The average Bonchev–Trinajstić information content (AvgIpc) is 2.97. The number of aromatic nitrogens is 4. The van der Waals surface area contributed by atoms with Crippen molar-refractivity contribution >= 4 is 0 Å². The highest BCUT2D eigenvalue weighted by molar-refractivity contribution is 5.08. The van der Waals surface area contributed by atoms with E-state index in [0.29, 0.717) is 18.4 Å². The van der Waals surface area contributed by atoms with Crippen LogP contribution in [0.5, 0.6) is 0 Å². The second kappa shape index (κ2) is 6.02. The molecule has 5 nitrogen and oxygen atoms in total. The number of hydrogen-bond acceptors (Lipinski definition) is 3. The van der Waals surface area contributed by atoms with E-state index in [4.69, 9.17) is 5.73 Å². The predicted molar refractivity (Wildman–Crippen MR) is 75.8 cm³/mol. The molecule has 2 rings (SSSR count). The van der Waals surface area contributed by atoms with Crippen LogP contribution in [-0.4, -0.2) is 25.6 Å². The second-order valence-electron chi connectivity index (χ2n) is 5.30. The van der Waals surface area contributed by atoms with E-state index < -0.39 is 0 Å². The molecule has 0 aromatic carbocycles. The minimum absolute atomic E-state index is 0.365. The van der Waals surface area contributed by atoms with Crippen LogP contribution in [0.15, 0.2) is 24.9 Å². The molecule has 0 aliphatic rings. The molecule has 0 saturated carbocycles. The maximum absolute atomic E-state index is 5.89. The van der Waals surface area contributed by atoms with Gasteiger partial charge in [0.25, 0.3) is 0 Å². The summed E-state index contributed by atoms with van der Waals surface area (Å²) >= 11 is 0. The Hall–Kier alpha value is -1.62. The molecule has 2 N–H and O–H groups in total. The summed E-state index contributed by atoms with van der Waals surface area (Å²) in [5.41, 5.74) is 7.12. The Kier molecular flexibility index (Phi) is 4.37. The highest BCUT2D eigenvalue weighted by Gasteiger charge is 2.18. The predicted octanol–water partition coefficient (Wildman–Crippen LogP) is 1.56. The fraction of sp³-hybridized carbons (Fsp3) is 0.571. The lowest BCUT2D eigenvalue weighted by Gasteiger charge is -2.20. The SMILES string of the molecule is CC(C)C(CN)c1cncn1CCc1nccn1C. The van der Waals surface area contributed by atoms with E-state index in [1.54, 1.807) is 0 Å². The molecular weight excluding hydrogens is 238 g/mol. The van der Waals surface area contributed by atoms with Gasteiger partial charge in [-0.15, -0.1) is 0 Å². The molecule has 1 atom stereocenters. The number of rotatable bonds is 6. The monoisotopic (exact) mass is 261 g/mol. The number of imidazole rings is 2. The van der Waals surface area contributed by atoms with Gasteiger partial charge in [0.2, 0.25) is 0 Å². The summed E-state index contributed by atoms with van der Waals surface area (Å²) in [4.78, 5) is 8.63. The normalized spacial score (nSPS) is 13.1. The molecule has 2 aromatic heterocycles. The number of nitrogens with zero attached hydrogens (tertiary/aromatic N) is 4. The van der Waals surface area contributed by atoms with Crippen LogP contribution in [0.4, 0.5) is 0 Å². The van der Waals surface area contributed by atoms with Crippen LogP contribution >= 0.6 is 0 Å². The Morgan fingerprint density at radius 1 is 1.37 bits per heavy atom. The van der Waals surface area contributed by atoms with E-state index in [-0.39, 0.29) is 0 Å². The lowest BCUT2D eigenvalue weighted by molar-refractivity contribution is 0.470. The zero-order valence-corrected chi connectivity index (χ0v) is 12.0. The van der Waals surface area contributed by atoms with Crippen LogP contribution in [0, 0.1) is 5.92 Å². The van der Waals surface area contributed by atoms with Gasteiger partial charge in [-0.2, -0.15) is 0 Å². The lowest BCUT2D eigenvalue weighted by atomic mass is 9.93. The molecule has 5 heteroatoms. The van der Waals surface area contributed by atoms with Crippen molar-refractivity contribution in [2.45, 2.75) is 32.7 Å². The van der Waals surface area contributed by atoms with E-state index in [0.717, 1.165) is 18.8 Å². The summed E-state index contributed by atoms with van der Waals surface area (Å²) in [5.74, 6) is 1.98. The quantitative estimate of drug-likeness (QED) is 0.858. The second-order valence-corrected chi connectivity index (χ2v) is 5.30. The maximum atomic E-state index is 5.89. The fourth-order valence-electron chi connectivity index (χ4n) is 2.42. The highest BCUT2D eigenvalue weighted by Crippen LogP contribution is 2.23. The Balaban J connectivity index is 2.09. The van der Waals surface area contributed by atoms with Crippen LogP contribution in [0.3, 0.4) is 0 Å². The molecular formula is C14H23N5. The standard InChI is InChI=1S/C14H23N5/c1-11(2)12(8-15)13-9-16-10-19(13)6-4-14-17-5-7-18(14)3/h5,7,9-12H,4,6,8,15H2,1-3H3. The van der Waals surface area contributed by atoms with E-state index >= 15 is 0 Å². The molecule has 0 radical (unpaired) electrons. The number of nitrogens with two attached hydrogens (primary N) is 1. The number of aryl methyl sites for hydroxylation is 3. The lowest BCUT2D eigenvalue weighted by Crippen LogP contribution is -2.21. The van der Waals surface area contributed by atoms with Crippen molar-refractivity contribution in [1.29, 1.82) is 0 Å². The fourth-order valence-corrected chi connectivity index (χ4v) is 2.42. The average molecular weight is 261 g/mol. The third kappa shape index (κ3) is 3.04. The van der Waals surface area contributed by atoms with Gasteiger partial charge < -0.3 is 14.9 Å². The molecule has 0 saturated heterocycles. The summed E-state index contributed by atoms with van der Waals surface area (Å²) in [6.07, 6.45) is 8.55. The van der Waals surface area contributed by atoms with Crippen molar-refractivity contribution in [3.63, 3.8) is 0 Å². The van der Waals surface area contributed by atoms with Gasteiger partial charge >= 0.3 is 0 Å². The van der Waals surface area contributed by atoms with Gasteiger partial charge in [-0.05, 0) is 5.92 Å². The first-order valence-electron chi connectivity index (χ1n) is 6.79. The first-order chi connectivity index (χ1) is 9.13. The van der Waals surface area contributed by atoms with Gasteiger partial charge in [0.1, 0.15) is 5.82 Å². The summed E-state index contributed by atoms with van der Waals surface area (Å²) in [6, 6.07) is 0. The van der Waals surface area contributed by atoms with E-state index in [2.05, 4.69) is 32.9 Å². The molecule has 104 valence electrons. The molecule has 2 heterocycles. The minimum atomic E-state index is 0.365. The van der Waals surface area contributed by atoms with E-state index in [9.17, 15) is 0 Å². The van der Waals surface area contributed by atoms with Crippen LogP contribution in [-0.2, 0) is 20.0 Å². The van der Waals surface area contributed by atoms with Gasteiger partial charge in [0.05, 0.1) is 6.33 Å². The van der Waals surface area contributed by atoms with Crippen molar-refractivity contribution in [1.82, 2.24) is 19.1 Å². The summed E-state index contributed by atoms with van der Waals surface area (Å²) < 4.78 is 4.26. The van der Waals surface area contributed by atoms with Gasteiger partial charge in [-0.3, -0.25) is 0 Å². The van der Waals surface area contributed by atoms with Crippen LogP contribution < -0.4 is 5.73 Å². The Morgan fingerprint density at radius 2 is 2.16 bits per heavy atom. The summed E-state index contributed by atoms with van der Waals surface area (Å²) in [5, 5.41) is 0. The van der Waals surface area contributed by atoms with Gasteiger partial charge in [-0.1, -0.05) is 13.8 Å². The molecule has 2 aromatic rings. The molecule has 0 amide bonds. The first kappa shape index (κ1) is 13.8. The molecule has 19 heavy (non-hydrogen) atoms. The number of hydrogen-bond donors (Lipinski definition) is 1. The molecule has 0 aliphatic heterocycles.